The molecule has 0 aliphatic heterocycles. The molecule has 0 aromatic heterocycles. The predicted octanol–water partition coefficient (Wildman–Crippen LogP) is 11.6. The number of carboxylic acids is 1. The summed E-state index contributed by atoms with van der Waals surface area (Å²) in [7, 11) is -0.620. The first-order valence-corrected chi connectivity index (χ1v) is 18.6. The quantitative estimate of drug-likeness (QED) is 0.0969. The molecule has 212 valence electrons. The van der Waals surface area contributed by atoms with Crippen molar-refractivity contribution in [2.24, 2.45) is 5.92 Å². The Kier molecular flexibility index (Phi) is 30.1. The third-order valence-corrected chi connectivity index (χ3v) is 12.8. The molecule has 1 unspecified atom stereocenters. The summed E-state index contributed by atoms with van der Waals surface area (Å²) in [4.78, 5) is 10.4. The minimum absolute atomic E-state index is 0.111. The molecule has 0 aromatic rings. The Morgan fingerprint density at radius 2 is 0.857 bits per heavy atom. The minimum Gasteiger partial charge on any atom is -0.481 e. The van der Waals surface area contributed by atoms with Crippen LogP contribution in [0.2, 0.25) is 0 Å². The fourth-order valence-electron chi connectivity index (χ4n) is 5.04. The second-order valence-corrected chi connectivity index (χ2v) is 15.5. The van der Waals surface area contributed by atoms with Gasteiger partial charge in [-0.15, -0.1) is 0 Å². The number of carboxylic acid groups (broad SMARTS) is 1. The van der Waals surface area contributed by atoms with Crippen molar-refractivity contribution < 1.29 is 9.90 Å². The van der Waals surface area contributed by atoms with Crippen molar-refractivity contribution in [1.29, 1.82) is 0 Å². The second-order valence-electron chi connectivity index (χ2n) is 11.1. The molecule has 3 heteroatoms. The number of unbranched alkanes of at least 4 members (excludes halogenated alkanes) is 13. The maximum Gasteiger partial charge on any atom is 0.306 e. The van der Waals surface area contributed by atoms with Crippen LogP contribution in [0.25, 0.3) is 0 Å². The van der Waals surface area contributed by atoms with E-state index in [2.05, 4.69) is 34.6 Å². The van der Waals surface area contributed by atoms with Gasteiger partial charge >= 0.3 is 5.97 Å². The van der Waals surface area contributed by atoms with Gasteiger partial charge in [-0.25, -0.2) is 0 Å². The predicted molar refractivity (Wildman–Crippen MR) is 164 cm³/mol. The highest BCUT2D eigenvalue weighted by molar-refractivity contribution is 7.75. The van der Waals surface area contributed by atoms with Gasteiger partial charge in [-0.3, -0.25) is 4.79 Å². The second kappa shape index (κ2) is 28.5. The van der Waals surface area contributed by atoms with Crippen molar-refractivity contribution in [3.05, 3.63) is 0 Å². The Morgan fingerprint density at radius 1 is 0.514 bits per heavy atom. The molecule has 0 rings (SSSR count). The first-order valence-electron chi connectivity index (χ1n) is 16.0. The summed E-state index contributed by atoms with van der Waals surface area (Å²) < 4.78 is 0. The molecule has 0 saturated carbocycles. The van der Waals surface area contributed by atoms with E-state index in [9.17, 15) is 4.79 Å². The van der Waals surface area contributed by atoms with Crippen LogP contribution in [0, 0.1) is 5.92 Å². The monoisotopic (exact) mass is 515 g/mol. The zero-order valence-corrected chi connectivity index (χ0v) is 26.2. The van der Waals surface area contributed by atoms with Crippen LogP contribution in [-0.2, 0) is 4.79 Å². The van der Waals surface area contributed by atoms with E-state index in [0.717, 1.165) is 25.7 Å². The lowest BCUT2D eigenvalue weighted by Gasteiger charge is -2.28. The Balaban J connectivity index is 0. The molecule has 0 aromatic carbocycles. The van der Waals surface area contributed by atoms with Gasteiger partial charge in [0.25, 0.3) is 0 Å². The molecule has 0 amide bonds. The summed E-state index contributed by atoms with van der Waals surface area (Å²) in [6, 6.07) is 0. The molecular formula is C32H68O2P+. The third-order valence-electron chi connectivity index (χ3n) is 7.69. The van der Waals surface area contributed by atoms with Crippen molar-refractivity contribution in [2.75, 3.05) is 24.6 Å². The molecule has 0 aliphatic carbocycles. The van der Waals surface area contributed by atoms with Gasteiger partial charge in [-0.1, -0.05) is 125 Å². The van der Waals surface area contributed by atoms with Crippen molar-refractivity contribution in [2.45, 2.75) is 170 Å². The molecule has 0 spiro atoms. The van der Waals surface area contributed by atoms with Crippen molar-refractivity contribution >= 4 is 13.2 Å². The lowest BCUT2D eigenvalue weighted by Crippen LogP contribution is -2.13. The van der Waals surface area contributed by atoms with Crippen molar-refractivity contribution in [3.63, 3.8) is 0 Å². The van der Waals surface area contributed by atoms with Crippen LogP contribution in [0.3, 0.4) is 0 Å². The molecule has 0 bridgehead atoms. The van der Waals surface area contributed by atoms with Crippen molar-refractivity contribution in [3.8, 4) is 0 Å². The molecule has 0 heterocycles. The first kappa shape index (κ1) is 37.1. The topological polar surface area (TPSA) is 37.3 Å². The molecule has 0 radical (unpaired) electrons. The van der Waals surface area contributed by atoms with Crippen LogP contribution in [0.5, 0.6) is 0 Å². The number of rotatable bonds is 25. The Labute approximate surface area is 223 Å². The van der Waals surface area contributed by atoms with Crippen LogP contribution in [-0.4, -0.2) is 35.7 Å². The summed E-state index contributed by atoms with van der Waals surface area (Å²) >= 11 is 0. The van der Waals surface area contributed by atoms with Crippen LogP contribution in [0.15, 0.2) is 0 Å². The van der Waals surface area contributed by atoms with Gasteiger partial charge in [-0.2, -0.15) is 0 Å². The summed E-state index contributed by atoms with van der Waals surface area (Å²) in [5.41, 5.74) is 0. The molecular weight excluding hydrogens is 447 g/mol. The van der Waals surface area contributed by atoms with E-state index in [4.69, 9.17) is 5.11 Å². The molecule has 35 heavy (non-hydrogen) atoms. The van der Waals surface area contributed by atoms with Crippen LogP contribution in [0.1, 0.15) is 170 Å². The Bertz CT molecular complexity index is 402. The third kappa shape index (κ3) is 24.0. The van der Waals surface area contributed by atoms with E-state index in [1.165, 1.54) is 96.3 Å². The van der Waals surface area contributed by atoms with E-state index < -0.39 is 13.2 Å². The highest BCUT2D eigenvalue weighted by Crippen LogP contribution is 2.61. The van der Waals surface area contributed by atoms with Gasteiger partial charge in [-0.05, 0) is 44.9 Å². The Hall–Kier alpha value is -0.100. The maximum absolute atomic E-state index is 10.4. The average molecular weight is 516 g/mol. The zero-order valence-electron chi connectivity index (χ0n) is 25.4. The molecule has 2 nitrogen and oxygen atoms in total. The molecule has 0 fully saturated rings. The maximum atomic E-state index is 10.4. The van der Waals surface area contributed by atoms with E-state index >= 15 is 0 Å². The summed E-state index contributed by atoms with van der Waals surface area (Å²) in [6.45, 7) is 13.5. The van der Waals surface area contributed by atoms with E-state index in [1.54, 1.807) is 31.1 Å². The van der Waals surface area contributed by atoms with Crippen LogP contribution < -0.4 is 0 Å². The molecule has 1 atom stereocenters. The number of hydrogen-bond acceptors (Lipinski definition) is 1. The first-order chi connectivity index (χ1) is 17.0. The number of hydrogen-bond donors (Lipinski definition) is 1. The smallest absolute Gasteiger partial charge is 0.306 e. The highest BCUT2D eigenvalue weighted by atomic mass is 31.2. The normalized spacial score (nSPS) is 12.3. The van der Waals surface area contributed by atoms with Crippen molar-refractivity contribution in [1.82, 2.24) is 0 Å². The van der Waals surface area contributed by atoms with Gasteiger partial charge < -0.3 is 5.11 Å². The average Bonchev–Trinajstić information content (AvgIpc) is 2.86. The van der Waals surface area contributed by atoms with Gasteiger partial charge in [0.2, 0.25) is 0 Å². The van der Waals surface area contributed by atoms with E-state index in [0.29, 0.717) is 0 Å². The summed E-state index contributed by atoms with van der Waals surface area (Å²) in [6.07, 6.45) is 33.7. The lowest BCUT2D eigenvalue weighted by atomic mass is 10.00. The van der Waals surface area contributed by atoms with Gasteiger partial charge in [0, 0.05) is 7.26 Å². The highest BCUT2D eigenvalue weighted by Gasteiger charge is 2.34. The van der Waals surface area contributed by atoms with E-state index in [1.807, 2.05) is 6.92 Å². The lowest BCUT2D eigenvalue weighted by molar-refractivity contribution is -0.142. The van der Waals surface area contributed by atoms with Gasteiger partial charge in [0.15, 0.2) is 0 Å². The summed E-state index contributed by atoms with van der Waals surface area (Å²) in [5, 5.41) is 8.60. The van der Waals surface area contributed by atoms with E-state index in [-0.39, 0.29) is 5.92 Å². The Morgan fingerprint density at radius 3 is 1.20 bits per heavy atom. The largest absolute Gasteiger partial charge is 0.481 e. The fraction of sp³-hybridized carbons (Fsp3) is 0.969. The number of carbonyl (C=O) groups is 1. The molecule has 1 N–H and O–H groups in total. The van der Waals surface area contributed by atoms with Crippen LogP contribution in [0.4, 0.5) is 0 Å². The van der Waals surface area contributed by atoms with Gasteiger partial charge in [0.1, 0.15) is 0 Å². The molecule has 0 saturated heterocycles. The molecule has 0 aliphatic rings. The SMILES string of the molecule is CCCCC(CC)C(=O)O.CCCCCCCCCCCC[P+](CCCC)(CCCC)CCCC. The summed E-state index contributed by atoms with van der Waals surface area (Å²) in [5.74, 6) is -0.754. The fourth-order valence-corrected chi connectivity index (χ4v) is 10.2. The zero-order chi connectivity index (χ0) is 26.6. The minimum atomic E-state index is -0.643. The standard InChI is InChI=1S/C24H52P.C8H16O2/c1-5-9-13-14-15-16-17-18-19-20-24-25(21-10-6-2,22-11-7-3)23-12-8-4;1-3-5-6-7(4-2)8(9)10/h5-24H2,1-4H3;7H,3-6H2,1-2H3,(H,9,10)/q+1;. The number of aliphatic carboxylic acids is 1. The van der Waals surface area contributed by atoms with Gasteiger partial charge in [0.05, 0.1) is 30.6 Å². The van der Waals surface area contributed by atoms with Crippen LogP contribution >= 0.6 is 7.26 Å².